The number of amides is 1. The van der Waals surface area contributed by atoms with E-state index in [2.05, 4.69) is 37.4 Å². The van der Waals surface area contributed by atoms with Crippen LogP contribution in [-0.4, -0.2) is 23.2 Å². The maximum absolute atomic E-state index is 11.3. The molecule has 1 aromatic carbocycles. The van der Waals surface area contributed by atoms with Crippen molar-refractivity contribution < 1.29 is 9.90 Å². The SMILES string of the molecule is Cc1ccc(CC(C)NC(=O)C(C)O)c(C)c1. The largest absolute Gasteiger partial charge is 0.384 e. The van der Waals surface area contributed by atoms with Crippen LogP contribution in [0.2, 0.25) is 0 Å². The molecule has 3 nitrogen and oxygen atoms in total. The summed E-state index contributed by atoms with van der Waals surface area (Å²) < 4.78 is 0. The number of hydrogen-bond acceptors (Lipinski definition) is 2. The topological polar surface area (TPSA) is 49.3 Å². The Morgan fingerprint density at radius 3 is 2.53 bits per heavy atom. The molecule has 0 heterocycles. The van der Waals surface area contributed by atoms with E-state index >= 15 is 0 Å². The molecule has 94 valence electrons. The highest BCUT2D eigenvalue weighted by Crippen LogP contribution is 2.12. The van der Waals surface area contributed by atoms with Gasteiger partial charge in [-0.3, -0.25) is 4.79 Å². The molecule has 0 bridgehead atoms. The van der Waals surface area contributed by atoms with E-state index in [1.165, 1.54) is 23.6 Å². The lowest BCUT2D eigenvalue weighted by Gasteiger charge is -2.16. The Hall–Kier alpha value is -1.35. The molecule has 1 aromatic rings. The fourth-order valence-corrected chi connectivity index (χ4v) is 1.82. The van der Waals surface area contributed by atoms with E-state index in [0.717, 1.165) is 6.42 Å². The standard InChI is InChI=1S/C14H21NO2/c1-9-5-6-13(10(2)7-9)8-11(3)15-14(17)12(4)16/h5-7,11-12,16H,8H2,1-4H3,(H,15,17). The summed E-state index contributed by atoms with van der Waals surface area (Å²) in [5.74, 6) is -0.317. The predicted octanol–water partition coefficient (Wildman–Crippen LogP) is 1.73. The van der Waals surface area contributed by atoms with Crippen LogP contribution in [0.4, 0.5) is 0 Å². The second-order valence-electron chi connectivity index (χ2n) is 4.72. The van der Waals surface area contributed by atoms with Crippen LogP contribution in [0, 0.1) is 13.8 Å². The van der Waals surface area contributed by atoms with Crippen molar-refractivity contribution in [1.82, 2.24) is 5.32 Å². The van der Waals surface area contributed by atoms with Gasteiger partial charge in [0.1, 0.15) is 6.10 Å². The van der Waals surface area contributed by atoms with Gasteiger partial charge in [0, 0.05) is 6.04 Å². The number of carbonyl (C=O) groups is 1. The van der Waals surface area contributed by atoms with E-state index in [-0.39, 0.29) is 11.9 Å². The van der Waals surface area contributed by atoms with Crippen LogP contribution in [0.5, 0.6) is 0 Å². The van der Waals surface area contributed by atoms with Gasteiger partial charge in [-0.25, -0.2) is 0 Å². The van der Waals surface area contributed by atoms with Crippen LogP contribution in [0.25, 0.3) is 0 Å². The van der Waals surface area contributed by atoms with Crippen LogP contribution in [-0.2, 0) is 11.2 Å². The molecule has 1 amide bonds. The van der Waals surface area contributed by atoms with Crippen LogP contribution in [0.1, 0.15) is 30.5 Å². The van der Waals surface area contributed by atoms with Gasteiger partial charge in [0.15, 0.2) is 0 Å². The number of benzene rings is 1. The number of hydrogen-bond donors (Lipinski definition) is 2. The van der Waals surface area contributed by atoms with Crippen LogP contribution in [0.3, 0.4) is 0 Å². The Labute approximate surface area is 103 Å². The smallest absolute Gasteiger partial charge is 0.248 e. The molecule has 0 aliphatic carbocycles. The summed E-state index contributed by atoms with van der Waals surface area (Å²) in [5.41, 5.74) is 3.71. The third-order valence-corrected chi connectivity index (χ3v) is 2.79. The molecule has 2 unspecified atom stereocenters. The Morgan fingerprint density at radius 2 is 2.00 bits per heavy atom. The summed E-state index contributed by atoms with van der Waals surface area (Å²) in [7, 11) is 0. The van der Waals surface area contributed by atoms with Crippen molar-refractivity contribution in [3.63, 3.8) is 0 Å². The lowest BCUT2D eigenvalue weighted by molar-refractivity contribution is -0.129. The van der Waals surface area contributed by atoms with Crippen molar-refractivity contribution in [3.8, 4) is 0 Å². The Bertz CT molecular complexity index is 399. The van der Waals surface area contributed by atoms with Gasteiger partial charge < -0.3 is 10.4 Å². The molecular formula is C14H21NO2. The lowest BCUT2D eigenvalue weighted by Crippen LogP contribution is -2.39. The number of carbonyl (C=O) groups excluding carboxylic acids is 1. The first-order chi connectivity index (χ1) is 7.90. The quantitative estimate of drug-likeness (QED) is 0.835. The van der Waals surface area contributed by atoms with Crippen molar-refractivity contribution in [2.45, 2.75) is 46.3 Å². The average Bonchev–Trinajstić information content (AvgIpc) is 2.22. The average molecular weight is 235 g/mol. The molecule has 0 fully saturated rings. The minimum atomic E-state index is -0.948. The van der Waals surface area contributed by atoms with E-state index in [1.54, 1.807) is 0 Å². The van der Waals surface area contributed by atoms with E-state index in [0.29, 0.717) is 0 Å². The first-order valence-electron chi connectivity index (χ1n) is 5.94. The summed E-state index contributed by atoms with van der Waals surface area (Å²) in [5, 5.41) is 11.9. The number of rotatable bonds is 4. The highest BCUT2D eigenvalue weighted by Gasteiger charge is 2.13. The maximum Gasteiger partial charge on any atom is 0.248 e. The second kappa shape index (κ2) is 5.82. The van der Waals surface area contributed by atoms with Gasteiger partial charge in [-0.2, -0.15) is 0 Å². The number of nitrogens with one attached hydrogen (secondary N) is 1. The zero-order chi connectivity index (χ0) is 13.0. The van der Waals surface area contributed by atoms with Gasteiger partial charge in [0.2, 0.25) is 5.91 Å². The molecule has 3 heteroatoms. The first-order valence-corrected chi connectivity index (χ1v) is 5.94. The van der Waals surface area contributed by atoms with Crippen molar-refractivity contribution >= 4 is 5.91 Å². The van der Waals surface area contributed by atoms with Crippen LogP contribution in [0.15, 0.2) is 18.2 Å². The molecule has 0 saturated heterocycles. The third kappa shape index (κ3) is 4.19. The van der Waals surface area contributed by atoms with Gasteiger partial charge in [0.05, 0.1) is 0 Å². The van der Waals surface area contributed by atoms with Crippen LogP contribution >= 0.6 is 0 Å². The van der Waals surface area contributed by atoms with Crippen molar-refractivity contribution in [1.29, 1.82) is 0 Å². The molecule has 0 aromatic heterocycles. The van der Waals surface area contributed by atoms with Gasteiger partial charge in [-0.1, -0.05) is 23.8 Å². The highest BCUT2D eigenvalue weighted by atomic mass is 16.3. The van der Waals surface area contributed by atoms with E-state index < -0.39 is 6.10 Å². The molecule has 0 radical (unpaired) electrons. The monoisotopic (exact) mass is 235 g/mol. The minimum absolute atomic E-state index is 0.0264. The van der Waals surface area contributed by atoms with Crippen LogP contribution < -0.4 is 5.32 Å². The predicted molar refractivity (Wildman–Crippen MR) is 68.9 cm³/mol. The molecular weight excluding hydrogens is 214 g/mol. The van der Waals surface area contributed by atoms with E-state index in [4.69, 9.17) is 5.11 Å². The fraction of sp³-hybridized carbons (Fsp3) is 0.500. The summed E-state index contributed by atoms with van der Waals surface area (Å²) in [6, 6.07) is 6.33. The number of aliphatic hydroxyl groups is 1. The second-order valence-corrected chi connectivity index (χ2v) is 4.72. The molecule has 2 N–H and O–H groups in total. The Kier molecular flexibility index (Phi) is 4.70. The molecule has 1 rings (SSSR count). The van der Waals surface area contributed by atoms with Crippen molar-refractivity contribution in [2.75, 3.05) is 0 Å². The summed E-state index contributed by atoms with van der Waals surface area (Å²) in [6.07, 6.45) is -0.165. The molecule has 0 aliphatic heterocycles. The normalized spacial score (nSPS) is 14.2. The fourth-order valence-electron chi connectivity index (χ4n) is 1.82. The third-order valence-electron chi connectivity index (χ3n) is 2.79. The van der Waals surface area contributed by atoms with Crippen molar-refractivity contribution in [3.05, 3.63) is 34.9 Å². The zero-order valence-electron chi connectivity index (χ0n) is 10.9. The Balaban J connectivity index is 2.62. The summed E-state index contributed by atoms with van der Waals surface area (Å²) >= 11 is 0. The molecule has 0 spiro atoms. The first kappa shape index (κ1) is 13.7. The van der Waals surface area contributed by atoms with Crippen molar-refractivity contribution in [2.24, 2.45) is 0 Å². The molecule has 2 atom stereocenters. The Morgan fingerprint density at radius 1 is 1.35 bits per heavy atom. The lowest BCUT2D eigenvalue weighted by atomic mass is 10.00. The highest BCUT2D eigenvalue weighted by molar-refractivity contribution is 5.80. The molecule has 0 aliphatic rings. The van der Waals surface area contributed by atoms with Gasteiger partial charge in [-0.15, -0.1) is 0 Å². The van der Waals surface area contributed by atoms with Gasteiger partial charge in [0.25, 0.3) is 0 Å². The minimum Gasteiger partial charge on any atom is -0.384 e. The molecule has 0 saturated carbocycles. The number of aliphatic hydroxyl groups excluding tert-OH is 1. The summed E-state index contributed by atoms with van der Waals surface area (Å²) in [6.45, 7) is 7.56. The molecule has 17 heavy (non-hydrogen) atoms. The van der Waals surface area contributed by atoms with E-state index in [1.807, 2.05) is 6.92 Å². The maximum atomic E-state index is 11.3. The zero-order valence-corrected chi connectivity index (χ0v) is 10.9. The van der Waals surface area contributed by atoms with E-state index in [9.17, 15) is 4.79 Å². The van der Waals surface area contributed by atoms with Gasteiger partial charge >= 0.3 is 0 Å². The van der Waals surface area contributed by atoms with Gasteiger partial charge in [-0.05, 0) is 45.2 Å². The number of aryl methyl sites for hydroxylation is 2. The summed E-state index contributed by atoms with van der Waals surface area (Å²) in [4.78, 5) is 11.3.